The summed E-state index contributed by atoms with van der Waals surface area (Å²) >= 11 is 0. The number of nitrogens with one attached hydrogen (secondary N) is 2. The lowest BCUT2D eigenvalue weighted by molar-refractivity contribution is 0.0341. The molecule has 0 amide bonds. The molecule has 1 fully saturated rings. The Morgan fingerprint density at radius 2 is 1.84 bits per heavy atom. The van der Waals surface area contributed by atoms with Crippen LogP contribution in [0.25, 0.3) is 0 Å². The molecule has 31 heavy (non-hydrogen) atoms. The molecule has 1 aromatic carbocycles. The number of nitrogens with zero attached hydrogens (tertiary/aromatic N) is 3. The number of rotatable bonds is 7. The number of ether oxygens (including phenoxy) is 1. The minimum atomic E-state index is -0.0476. The van der Waals surface area contributed by atoms with E-state index in [2.05, 4.69) is 72.5 Å². The molecule has 8 heteroatoms. The lowest BCUT2D eigenvalue weighted by atomic mass is 9.94. The molecule has 3 rings (SSSR count). The van der Waals surface area contributed by atoms with E-state index in [4.69, 9.17) is 14.1 Å². The van der Waals surface area contributed by atoms with Gasteiger partial charge >= 0.3 is 0 Å². The number of halogens is 1. The topological polar surface area (TPSA) is 74.9 Å². The lowest BCUT2D eigenvalue weighted by Gasteiger charge is -2.27. The van der Waals surface area contributed by atoms with E-state index in [1.807, 2.05) is 6.20 Å². The second kappa shape index (κ2) is 12.4. The monoisotopic (exact) mass is 541 g/mol. The first-order valence-electron chi connectivity index (χ1n) is 10.8. The van der Waals surface area contributed by atoms with Crippen molar-refractivity contribution in [1.29, 1.82) is 0 Å². The summed E-state index contributed by atoms with van der Waals surface area (Å²) in [5, 5.41) is 6.63. The fourth-order valence-electron chi connectivity index (χ4n) is 3.27. The summed E-state index contributed by atoms with van der Waals surface area (Å²) in [6.07, 6.45) is 1.81. The Hall–Kier alpha value is -1.65. The molecule has 1 aliphatic heterocycles. The summed E-state index contributed by atoms with van der Waals surface area (Å²) in [7, 11) is 0. The van der Waals surface area contributed by atoms with Gasteiger partial charge in [0.2, 0.25) is 5.89 Å². The maximum absolute atomic E-state index is 5.87. The van der Waals surface area contributed by atoms with Gasteiger partial charge in [0.15, 0.2) is 5.96 Å². The number of aliphatic imine (C=N–C) groups is 1. The third-order valence-electron chi connectivity index (χ3n) is 5.07. The maximum atomic E-state index is 5.87. The van der Waals surface area contributed by atoms with Crippen LogP contribution in [0.15, 0.2) is 39.9 Å². The molecule has 0 unspecified atom stereocenters. The van der Waals surface area contributed by atoms with Crippen LogP contribution < -0.4 is 10.6 Å². The van der Waals surface area contributed by atoms with Gasteiger partial charge in [-0.15, -0.1) is 24.0 Å². The van der Waals surface area contributed by atoms with Gasteiger partial charge in [-0.3, -0.25) is 4.90 Å². The molecule has 7 nitrogen and oxygen atoms in total. The summed E-state index contributed by atoms with van der Waals surface area (Å²) in [5.41, 5.74) is 2.52. The third kappa shape index (κ3) is 8.08. The van der Waals surface area contributed by atoms with E-state index in [1.54, 1.807) is 0 Å². The Morgan fingerprint density at radius 1 is 1.13 bits per heavy atom. The van der Waals surface area contributed by atoms with Crippen LogP contribution in [0.2, 0.25) is 0 Å². The predicted molar refractivity (Wildman–Crippen MR) is 135 cm³/mol. The zero-order valence-electron chi connectivity index (χ0n) is 19.1. The molecule has 0 bridgehead atoms. The number of hydrogen-bond donors (Lipinski definition) is 2. The molecule has 0 atom stereocenters. The third-order valence-corrected chi connectivity index (χ3v) is 5.07. The lowest BCUT2D eigenvalue weighted by Crippen LogP contribution is -2.37. The van der Waals surface area contributed by atoms with E-state index in [1.165, 1.54) is 11.1 Å². The highest BCUT2D eigenvalue weighted by molar-refractivity contribution is 14.0. The van der Waals surface area contributed by atoms with E-state index in [0.717, 1.165) is 51.1 Å². The summed E-state index contributed by atoms with van der Waals surface area (Å²) in [5.74, 6) is 2.31. The zero-order chi connectivity index (χ0) is 21.4. The van der Waals surface area contributed by atoms with E-state index in [9.17, 15) is 0 Å². The van der Waals surface area contributed by atoms with Crippen LogP contribution in [-0.2, 0) is 29.8 Å². The van der Waals surface area contributed by atoms with Crippen LogP contribution in [0.1, 0.15) is 50.5 Å². The van der Waals surface area contributed by atoms with Crippen molar-refractivity contribution in [3.8, 4) is 0 Å². The van der Waals surface area contributed by atoms with E-state index >= 15 is 0 Å². The Labute approximate surface area is 203 Å². The standard InChI is InChI=1S/C23H35N5O2.HI/c1-5-24-22(27-16-21-25-15-20(30-21)23(2,3)4)26-14-18-8-6-7-9-19(18)17-28-10-12-29-13-11-28;/h6-9,15H,5,10-14,16-17H2,1-4H3,(H2,24,26,27);1H. The second-order valence-corrected chi connectivity index (χ2v) is 8.57. The number of hydrogen-bond acceptors (Lipinski definition) is 5. The van der Waals surface area contributed by atoms with Gasteiger partial charge in [0.25, 0.3) is 0 Å². The van der Waals surface area contributed by atoms with Crippen molar-refractivity contribution < 1.29 is 9.15 Å². The minimum absolute atomic E-state index is 0. The zero-order valence-corrected chi connectivity index (χ0v) is 21.4. The van der Waals surface area contributed by atoms with Gasteiger partial charge in [-0.1, -0.05) is 45.0 Å². The Bertz CT molecular complexity index is 825. The molecular formula is C23H36IN5O2. The van der Waals surface area contributed by atoms with Crippen molar-refractivity contribution >= 4 is 29.9 Å². The van der Waals surface area contributed by atoms with Gasteiger partial charge in [-0.2, -0.15) is 0 Å². The van der Waals surface area contributed by atoms with Crippen LogP contribution in [0.4, 0.5) is 0 Å². The van der Waals surface area contributed by atoms with Gasteiger partial charge in [-0.25, -0.2) is 9.98 Å². The first-order valence-corrected chi connectivity index (χ1v) is 10.8. The number of morpholine rings is 1. The molecule has 2 N–H and O–H groups in total. The van der Waals surface area contributed by atoms with E-state index < -0.39 is 0 Å². The minimum Gasteiger partial charge on any atom is -0.443 e. The highest BCUT2D eigenvalue weighted by Gasteiger charge is 2.19. The first-order chi connectivity index (χ1) is 14.5. The molecule has 1 aromatic heterocycles. The normalized spacial score (nSPS) is 15.4. The van der Waals surface area contributed by atoms with Crippen molar-refractivity contribution in [1.82, 2.24) is 20.5 Å². The van der Waals surface area contributed by atoms with Crippen molar-refractivity contribution in [3.05, 3.63) is 53.2 Å². The Balaban J connectivity index is 0.00000341. The number of oxazole rings is 1. The Kier molecular flexibility index (Phi) is 10.2. The van der Waals surface area contributed by atoms with Crippen molar-refractivity contribution in [3.63, 3.8) is 0 Å². The first kappa shape index (κ1) is 25.6. The van der Waals surface area contributed by atoms with Gasteiger partial charge in [0, 0.05) is 31.6 Å². The molecule has 1 aliphatic rings. The summed E-state index contributed by atoms with van der Waals surface area (Å²) < 4.78 is 11.3. The van der Waals surface area contributed by atoms with Gasteiger partial charge in [-0.05, 0) is 18.1 Å². The smallest absolute Gasteiger partial charge is 0.213 e. The van der Waals surface area contributed by atoms with Crippen molar-refractivity contribution in [2.75, 3.05) is 32.8 Å². The molecule has 0 radical (unpaired) electrons. The molecule has 1 saturated heterocycles. The van der Waals surface area contributed by atoms with E-state index in [-0.39, 0.29) is 29.4 Å². The fraction of sp³-hybridized carbons (Fsp3) is 0.565. The van der Waals surface area contributed by atoms with Crippen LogP contribution in [0.5, 0.6) is 0 Å². The maximum Gasteiger partial charge on any atom is 0.213 e. The average molecular weight is 541 g/mol. The molecule has 0 saturated carbocycles. The van der Waals surface area contributed by atoms with Crippen LogP contribution in [-0.4, -0.2) is 48.7 Å². The Morgan fingerprint density at radius 3 is 2.48 bits per heavy atom. The summed E-state index contributed by atoms with van der Waals surface area (Å²) in [6.45, 7) is 14.8. The molecule has 2 aromatic rings. The van der Waals surface area contributed by atoms with Crippen LogP contribution in [0, 0.1) is 0 Å². The molecule has 0 aliphatic carbocycles. The summed E-state index contributed by atoms with van der Waals surface area (Å²) in [6, 6.07) is 8.53. The molecular weight excluding hydrogens is 505 g/mol. The highest BCUT2D eigenvalue weighted by Crippen LogP contribution is 2.22. The quantitative estimate of drug-likeness (QED) is 0.317. The van der Waals surface area contributed by atoms with Gasteiger partial charge in [0.1, 0.15) is 5.76 Å². The number of aromatic nitrogens is 1. The summed E-state index contributed by atoms with van der Waals surface area (Å²) in [4.78, 5) is 11.6. The number of benzene rings is 1. The molecule has 172 valence electrons. The van der Waals surface area contributed by atoms with Crippen LogP contribution >= 0.6 is 24.0 Å². The van der Waals surface area contributed by atoms with Crippen LogP contribution in [0.3, 0.4) is 0 Å². The predicted octanol–water partition coefficient (Wildman–Crippen LogP) is 3.68. The SMILES string of the molecule is CCNC(=NCc1ccccc1CN1CCOCC1)NCc1ncc(C(C)(C)C)o1.I. The average Bonchev–Trinajstić information content (AvgIpc) is 3.21. The van der Waals surface area contributed by atoms with Gasteiger partial charge < -0.3 is 19.8 Å². The molecule has 2 heterocycles. The van der Waals surface area contributed by atoms with Gasteiger partial charge in [0.05, 0.1) is 32.5 Å². The molecule has 0 spiro atoms. The number of guanidine groups is 1. The van der Waals surface area contributed by atoms with E-state index in [0.29, 0.717) is 19.0 Å². The van der Waals surface area contributed by atoms with Crippen molar-refractivity contribution in [2.45, 2.75) is 52.7 Å². The second-order valence-electron chi connectivity index (χ2n) is 8.57. The van der Waals surface area contributed by atoms with Crippen molar-refractivity contribution in [2.24, 2.45) is 4.99 Å². The fourth-order valence-corrected chi connectivity index (χ4v) is 3.27. The highest BCUT2D eigenvalue weighted by atomic mass is 127. The largest absolute Gasteiger partial charge is 0.443 e.